The van der Waals surface area contributed by atoms with Gasteiger partial charge in [0.2, 0.25) is 5.65 Å². The van der Waals surface area contributed by atoms with Gasteiger partial charge in [-0.05, 0) is 30.3 Å². The van der Waals surface area contributed by atoms with Gasteiger partial charge in [-0.2, -0.15) is 5.26 Å². The minimum atomic E-state index is 0.571. The molecule has 2 aromatic heterocycles. The van der Waals surface area contributed by atoms with Crippen LogP contribution in [-0.4, -0.2) is 27.0 Å². The monoisotopic (exact) mass is 250 g/mol. The van der Waals surface area contributed by atoms with E-state index in [9.17, 15) is 0 Å². The van der Waals surface area contributed by atoms with E-state index in [-0.39, 0.29) is 0 Å². The van der Waals surface area contributed by atoms with Crippen molar-refractivity contribution >= 4 is 16.9 Å². The minimum Gasteiger partial charge on any atom is -0.386 e. The Kier molecular flexibility index (Phi) is 2.58. The van der Waals surface area contributed by atoms with Gasteiger partial charge in [0.05, 0.1) is 23.0 Å². The van der Waals surface area contributed by atoms with E-state index in [2.05, 4.69) is 26.7 Å². The highest BCUT2D eigenvalue weighted by Gasteiger charge is 2.11. The van der Waals surface area contributed by atoms with Gasteiger partial charge in [0.15, 0.2) is 0 Å². The molecule has 0 aliphatic carbocycles. The number of aromatic nitrogens is 4. The lowest BCUT2D eigenvalue weighted by Gasteiger charge is -2.09. The van der Waals surface area contributed by atoms with Crippen molar-refractivity contribution in [2.45, 2.75) is 0 Å². The molecule has 6 heteroatoms. The van der Waals surface area contributed by atoms with Gasteiger partial charge >= 0.3 is 0 Å². The number of anilines is 1. The molecule has 0 aliphatic heterocycles. The normalized spacial score (nSPS) is 10.3. The Hall–Kier alpha value is -2.94. The summed E-state index contributed by atoms with van der Waals surface area (Å²) in [6.45, 7) is 0. The van der Waals surface area contributed by atoms with Crippen LogP contribution in [-0.2, 0) is 0 Å². The van der Waals surface area contributed by atoms with E-state index in [1.807, 2.05) is 25.2 Å². The summed E-state index contributed by atoms with van der Waals surface area (Å²) in [4.78, 5) is 4.15. The Morgan fingerprint density at radius 3 is 3.00 bits per heavy atom. The van der Waals surface area contributed by atoms with Gasteiger partial charge in [-0.25, -0.2) is 9.67 Å². The first-order chi connectivity index (χ1) is 9.33. The Morgan fingerprint density at radius 1 is 1.32 bits per heavy atom. The molecule has 3 aromatic rings. The highest BCUT2D eigenvalue weighted by Crippen LogP contribution is 2.23. The Labute approximate surface area is 109 Å². The van der Waals surface area contributed by atoms with Gasteiger partial charge in [-0.3, -0.25) is 0 Å². The van der Waals surface area contributed by atoms with Crippen LogP contribution in [0.25, 0.3) is 16.9 Å². The lowest BCUT2D eigenvalue weighted by molar-refractivity contribution is 0.823. The van der Waals surface area contributed by atoms with Crippen molar-refractivity contribution in [3.8, 4) is 11.8 Å². The second kappa shape index (κ2) is 4.38. The number of nitriles is 1. The summed E-state index contributed by atoms with van der Waals surface area (Å²) in [5.74, 6) is 0. The van der Waals surface area contributed by atoms with E-state index in [1.54, 1.807) is 23.0 Å². The topological polar surface area (TPSA) is 79.4 Å². The first-order valence-corrected chi connectivity index (χ1v) is 5.72. The number of fused-ring (bicyclic) bond motifs is 1. The van der Waals surface area contributed by atoms with Crippen LogP contribution in [0.4, 0.5) is 5.69 Å². The van der Waals surface area contributed by atoms with Crippen molar-refractivity contribution in [1.29, 1.82) is 5.26 Å². The lowest BCUT2D eigenvalue weighted by Crippen LogP contribution is -2.02. The molecule has 0 bridgehead atoms. The molecular weight excluding hydrogens is 240 g/mol. The minimum absolute atomic E-state index is 0.571. The molecule has 6 nitrogen and oxygen atoms in total. The SMILES string of the molecule is CNc1ccc(C#N)cc1-n1nnc2ncccc21. The van der Waals surface area contributed by atoms with Crippen molar-refractivity contribution in [2.24, 2.45) is 0 Å². The second-order valence-corrected chi connectivity index (χ2v) is 3.94. The van der Waals surface area contributed by atoms with Crippen LogP contribution in [0.15, 0.2) is 36.5 Å². The molecule has 0 fully saturated rings. The smallest absolute Gasteiger partial charge is 0.202 e. The van der Waals surface area contributed by atoms with Gasteiger partial charge in [0.25, 0.3) is 0 Å². The van der Waals surface area contributed by atoms with E-state index >= 15 is 0 Å². The van der Waals surface area contributed by atoms with Crippen molar-refractivity contribution in [3.05, 3.63) is 42.1 Å². The molecule has 0 unspecified atom stereocenters. The number of rotatable bonds is 2. The fourth-order valence-electron chi connectivity index (χ4n) is 1.93. The maximum absolute atomic E-state index is 9.01. The largest absolute Gasteiger partial charge is 0.386 e. The van der Waals surface area contributed by atoms with Crippen LogP contribution < -0.4 is 5.32 Å². The number of pyridine rings is 1. The lowest BCUT2D eigenvalue weighted by atomic mass is 10.2. The molecule has 19 heavy (non-hydrogen) atoms. The fraction of sp³-hybridized carbons (Fsp3) is 0.0769. The first kappa shape index (κ1) is 11.2. The van der Waals surface area contributed by atoms with Crippen molar-refractivity contribution in [3.63, 3.8) is 0 Å². The maximum Gasteiger partial charge on any atom is 0.202 e. The molecule has 0 amide bonds. The van der Waals surface area contributed by atoms with Crippen LogP contribution in [0.5, 0.6) is 0 Å². The molecule has 0 radical (unpaired) electrons. The first-order valence-electron chi connectivity index (χ1n) is 5.72. The van der Waals surface area contributed by atoms with Crippen LogP contribution in [0.1, 0.15) is 5.56 Å². The van der Waals surface area contributed by atoms with E-state index in [1.165, 1.54) is 0 Å². The number of hydrogen-bond donors (Lipinski definition) is 1. The fourth-order valence-corrected chi connectivity index (χ4v) is 1.93. The van der Waals surface area contributed by atoms with Gasteiger partial charge in [0, 0.05) is 13.2 Å². The van der Waals surface area contributed by atoms with Gasteiger partial charge < -0.3 is 5.32 Å². The van der Waals surface area contributed by atoms with E-state index in [0.29, 0.717) is 11.2 Å². The summed E-state index contributed by atoms with van der Waals surface area (Å²) in [6.07, 6.45) is 1.67. The Morgan fingerprint density at radius 2 is 2.21 bits per heavy atom. The summed E-state index contributed by atoms with van der Waals surface area (Å²) in [6, 6.07) is 11.2. The standard InChI is InChI=1S/C13H10N6/c1-15-10-5-4-9(8-14)7-12(10)19-11-3-2-6-16-13(11)17-18-19/h2-7,15H,1H3. The molecule has 92 valence electrons. The molecule has 0 saturated carbocycles. The molecule has 0 spiro atoms. The number of benzene rings is 1. The van der Waals surface area contributed by atoms with Crippen molar-refractivity contribution in [2.75, 3.05) is 12.4 Å². The van der Waals surface area contributed by atoms with Crippen molar-refractivity contribution < 1.29 is 0 Å². The third-order valence-corrected chi connectivity index (χ3v) is 2.85. The second-order valence-electron chi connectivity index (χ2n) is 3.94. The predicted molar refractivity (Wildman–Crippen MR) is 70.9 cm³/mol. The van der Waals surface area contributed by atoms with Crippen molar-refractivity contribution in [1.82, 2.24) is 20.0 Å². The summed E-state index contributed by atoms with van der Waals surface area (Å²) in [7, 11) is 1.82. The van der Waals surface area contributed by atoms with Crippen LogP contribution in [0, 0.1) is 11.3 Å². The predicted octanol–water partition coefficient (Wildman–Crippen LogP) is 1.73. The molecule has 3 rings (SSSR count). The highest BCUT2D eigenvalue weighted by molar-refractivity contribution is 5.75. The molecule has 1 N–H and O–H groups in total. The third kappa shape index (κ3) is 1.77. The quantitative estimate of drug-likeness (QED) is 0.749. The maximum atomic E-state index is 9.01. The van der Waals surface area contributed by atoms with Gasteiger partial charge in [-0.15, -0.1) is 5.10 Å². The average molecular weight is 250 g/mol. The zero-order valence-electron chi connectivity index (χ0n) is 10.2. The third-order valence-electron chi connectivity index (χ3n) is 2.85. The van der Waals surface area contributed by atoms with Crippen LogP contribution >= 0.6 is 0 Å². The summed E-state index contributed by atoms with van der Waals surface area (Å²) in [5.41, 5.74) is 3.59. The number of nitrogens with zero attached hydrogens (tertiary/aromatic N) is 5. The summed E-state index contributed by atoms with van der Waals surface area (Å²) in [5, 5.41) is 20.2. The molecule has 0 aliphatic rings. The van der Waals surface area contributed by atoms with E-state index in [4.69, 9.17) is 5.26 Å². The zero-order valence-corrected chi connectivity index (χ0v) is 10.2. The molecule has 0 saturated heterocycles. The van der Waals surface area contributed by atoms with Gasteiger partial charge in [-0.1, -0.05) is 5.21 Å². The average Bonchev–Trinajstić information content (AvgIpc) is 2.90. The molecular formula is C13H10N6. The summed E-state index contributed by atoms with van der Waals surface area (Å²) >= 11 is 0. The number of nitrogens with one attached hydrogen (secondary N) is 1. The van der Waals surface area contributed by atoms with Gasteiger partial charge in [0.1, 0.15) is 5.52 Å². The Bertz CT molecular complexity index is 783. The zero-order chi connectivity index (χ0) is 13.2. The van der Waals surface area contributed by atoms with Crippen LogP contribution in [0.3, 0.4) is 0 Å². The summed E-state index contributed by atoms with van der Waals surface area (Å²) < 4.78 is 1.68. The number of hydrogen-bond acceptors (Lipinski definition) is 5. The molecule has 1 aromatic carbocycles. The molecule has 2 heterocycles. The van der Waals surface area contributed by atoms with E-state index < -0.39 is 0 Å². The Balaban J connectivity index is 2.29. The van der Waals surface area contributed by atoms with E-state index in [0.717, 1.165) is 16.9 Å². The van der Waals surface area contributed by atoms with Crippen LogP contribution in [0.2, 0.25) is 0 Å². The molecule has 0 atom stereocenters. The highest BCUT2D eigenvalue weighted by atomic mass is 15.4.